The van der Waals surface area contributed by atoms with E-state index in [2.05, 4.69) is 25.4 Å². The second-order valence-electron chi connectivity index (χ2n) is 7.81. The molecule has 35 heavy (non-hydrogen) atoms. The maximum Gasteiger partial charge on any atom is 0.269 e. The van der Waals surface area contributed by atoms with Crippen LogP contribution in [0.5, 0.6) is 0 Å². The normalized spacial score (nSPS) is 12.1. The van der Waals surface area contributed by atoms with Crippen molar-refractivity contribution in [1.29, 1.82) is 0 Å². The molecule has 0 bridgehead atoms. The molecule has 0 spiro atoms. The van der Waals surface area contributed by atoms with Crippen LogP contribution in [-0.2, 0) is 0 Å². The minimum Gasteiger partial charge on any atom is -0.383 e. The number of halogens is 1. The molecular formula is C24H21FN8O2. The van der Waals surface area contributed by atoms with E-state index in [0.717, 1.165) is 0 Å². The van der Waals surface area contributed by atoms with Crippen LogP contribution < -0.4 is 16.6 Å². The van der Waals surface area contributed by atoms with Crippen LogP contribution in [0.1, 0.15) is 31.0 Å². The van der Waals surface area contributed by atoms with Gasteiger partial charge in [0, 0.05) is 0 Å². The molecule has 3 N–H and O–H groups in total. The summed E-state index contributed by atoms with van der Waals surface area (Å²) >= 11 is 0. The van der Waals surface area contributed by atoms with Gasteiger partial charge in [-0.3, -0.25) is 9.36 Å². The molecule has 5 rings (SSSR count). The van der Waals surface area contributed by atoms with Crippen molar-refractivity contribution in [2.45, 2.75) is 26.3 Å². The summed E-state index contributed by atoms with van der Waals surface area (Å²) in [5.41, 5.74) is 6.77. The van der Waals surface area contributed by atoms with Crippen molar-refractivity contribution < 1.29 is 8.91 Å². The van der Waals surface area contributed by atoms with Crippen LogP contribution in [0, 0.1) is 12.7 Å². The smallest absolute Gasteiger partial charge is 0.269 e. The molecule has 0 aliphatic rings. The molecule has 176 valence electrons. The van der Waals surface area contributed by atoms with Gasteiger partial charge in [-0.2, -0.15) is 4.98 Å². The summed E-state index contributed by atoms with van der Waals surface area (Å²) in [6.07, 6.45) is 1.82. The van der Waals surface area contributed by atoms with Gasteiger partial charge in [-0.05, 0) is 37.6 Å². The first-order valence-electron chi connectivity index (χ1n) is 10.9. The first kappa shape index (κ1) is 22.1. The number of nitrogens with zero attached hydrogens (tertiary/aromatic N) is 6. The van der Waals surface area contributed by atoms with Crippen molar-refractivity contribution in [3.8, 4) is 17.1 Å². The summed E-state index contributed by atoms with van der Waals surface area (Å²) in [7, 11) is 0. The van der Waals surface area contributed by atoms with Gasteiger partial charge in [-0.15, -0.1) is 0 Å². The van der Waals surface area contributed by atoms with Crippen molar-refractivity contribution in [3.05, 3.63) is 82.7 Å². The fourth-order valence-corrected chi connectivity index (χ4v) is 3.90. The molecular weight excluding hydrogens is 451 g/mol. The van der Waals surface area contributed by atoms with E-state index in [4.69, 9.17) is 15.2 Å². The van der Waals surface area contributed by atoms with E-state index in [1.165, 1.54) is 23.0 Å². The number of hydrogen-bond donors (Lipinski definition) is 2. The Balaban J connectivity index is 1.71. The minimum atomic E-state index is -0.630. The monoisotopic (exact) mass is 472 g/mol. The summed E-state index contributed by atoms with van der Waals surface area (Å²) in [5.74, 6) is 0.821. The predicted molar refractivity (Wildman–Crippen MR) is 128 cm³/mol. The maximum atomic E-state index is 14.7. The van der Waals surface area contributed by atoms with Gasteiger partial charge in [0.25, 0.3) is 11.4 Å². The fourth-order valence-electron chi connectivity index (χ4n) is 3.90. The second kappa shape index (κ2) is 8.93. The highest BCUT2D eigenvalue weighted by Crippen LogP contribution is 2.32. The van der Waals surface area contributed by atoms with E-state index in [-0.39, 0.29) is 22.6 Å². The highest BCUT2D eigenvalue weighted by molar-refractivity contribution is 5.80. The molecule has 3 aromatic heterocycles. The van der Waals surface area contributed by atoms with Crippen LogP contribution in [0.4, 0.5) is 16.0 Å². The topological polar surface area (TPSA) is 138 Å². The van der Waals surface area contributed by atoms with Crippen LogP contribution in [-0.4, -0.2) is 29.7 Å². The molecule has 10 nitrogen and oxygen atoms in total. The molecule has 5 aromatic rings. The van der Waals surface area contributed by atoms with Gasteiger partial charge in [0.2, 0.25) is 0 Å². The Morgan fingerprint density at radius 3 is 2.63 bits per heavy atom. The van der Waals surface area contributed by atoms with Crippen LogP contribution in [0.2, 0.25) is 0 Å². The standard InChI is InChI=1S/C24H21FN8O2/c1-3-16(30-21-19(20(26)27-12-28-21)23-29-13(2)32-35-23)22-31-17-11-7-10-15(25)18(17)24(34)33(22)14-8-5-4-6-9-14/h4-12,16H,3H2,1-2H3,(H3,26,27,28,30)/t16-/m0/s1. The third kappa shape index (κ3) is 3.97. The number of aryl methyl sites for hydroxylation is 1. The number of rotatable bonds is 6. The highest BCUT2D eigenvalue weighted by atomic mass is 19.1. The van der Waals surface area contributed by atoms with Crippen LogP contribution in [0.25, 0.3) is 28.0 Å². The lowest BCUT2D eigenvalue weighted by Gasteiger charge is -2.23. The van der Waals surface area contributed by atoms with Gasteiger partial charge in [0.15, 0.2) is 5.82 Å². The number of aromatic nitrogens is 6. The number of nitrogen functional groups attached to an aromatic ring is 1. The average molecular weight is 472 g/mol. The first-order chi connectivity index (χ1) is 17.0. The molecule has 2 aromatic carbocycles. The van der Waals surface area contributed by atoms with Crippen molar-refractivity contribution in [1.82, 2.24) is 29.7 Å². The lowest BCUT2D eigenvalue weighted by molar-refractivity contribution is 0.425. The lowest BCUT2D eigenvalue weighted by atomic mass is 10.1. The number of nitrogens with two attached hydrogens (primary N) is 1. The molecule has 0 unspecified atom stereocenters. The maximum absolute atomic E-state index is 14.7. The highest BCUT2D eigenvalue weighted by Gasteiger charge is 2.25. The van der Waals surface area contributed by atoms with Crippen molar-refractivity contribution >= 4 is 22.5 Å². The van der Waals surface area contributed by atoms with Crippen LogP contribution in [0.15, 0.2) is 64.2 Å². The quantitative estimate of drug-likeness (QED) is 0.378. The number of fused-ring (bicyclic) bond motifs is 1. The van der Waals surface area contributed by atoms with Gasteiger partial charge in [0.1, 0.15) is 40.6 Å². The number of nitrogens with one attached hydrogen (secondary N) is 1. The first-order valence-corrected chi connectivity index (χ1v) is 10.9. The van der Waals surface area contributed by atoms with Crippen LogP contribution >= 0.6 is 0 Å². The summed E-state index contributed by atoms with van der Waals surface area (Å²) in [5, 5.41) is 7.05. The molecule has 3 heterocycles. The molecule has 1 atom stereocenters. The van der Waals surface area contributed by atoms with Gasteiger partial charge in [-0.25, -0.2) is 19.3 Å². The zero-order chi connectivity index (χ0) is 24.5. The Bertz CT molecular complexity index is 1580. The van der Waals surface area contributed by atoms with Gasteiger partial charge >= 0.3 is 0 Å². The summed E-state index contributed by atoms with van der Waals surface area (Å²) < 4.78 is 21.4. The van der Waals surface area contributed by atoms with E-state index in [1.807, 2.05) is 13.0 Å². The van der Waals surface area contributed by atoms with E-state index < -0.39 is 17.4 Å². The average Bonchev–Trinajstić information content (AvgIpc) is 3.28. The molecule has 0 radical (unpaired) electrons. The minimum absolute atomic E-state index is 0.0803. The molecule has 0 aliphatic carbocycles. The van der Waals surface area contributed by atoms with E-state index in [9.17, 15) is 9.18 Å². The third-order valence-electron chi connectivity index (χ3n) is 5.54. The number of para-hydroxylation sites is 1. The number of hydrogen-bond acceptors (Lipinski definition) is 9. The van der Waals surface area contributed by atoms with Crippen molar-refractivity contribution in [3.63, 3.8) is 0 Å². The Hall–Kier alpha value is -4.67. The summed E-state index contributed by atoms with van der Waals surface area (Å²) in [6.45, 7) is 3.61. The molecule has 11 heteroatoms. The Labute approximate surface area is 198 Å². The van der Waals surface area contributed by atoms with Gasteiger partial charge in [-0.1, -0.05) is 36.3 Å². The van der Waals surface area contributed by atoms with Gasteiger partial charge < -0.3 is 15.6 Å². The largest absolute Gasteiger partial charge is 0.383 e. The molecule has 0 amide bonds. The summed E-state index contributed by atoms with van der Waals surface area (Å²) in [6, 6.07) is 12.8. The number of benzene rings is 2. The van der Waals surface area contributed by atoms with E-state index in [0.29, 0.717) is 35.1 Å². The Morgan fingerprint density at radius 2 is 1.91 bits per heavy atom. The van der Waals surface area contributed by atoms with Crippen molar-refractivity contribution in [2.75, 3.05) is 11.1 Å². The fraction of sp³-hybridized carbons (Fsp3) is 0.167. The van der Waals surface area contributed by atoms with E-state index >= 15 is 0 Å². The number of anilines is 2. The predicted octanol–water partition coefficient (Wildman–Crippen LogP) is 3.82. The third-order valence-corrected chi connectivity index (χ3v) is 5.54. The Kier molecular flexibility index (Phi) is 5.65. The Morgan fingerprint density at radius 1 is 1.11 bits per heavy atom. The van der Waals surface area contributed by atoms with E-state index in [1.54, 1.807) is 37.3 Å². The second-order valence-corrected chi connectivity index (χ2v) is 7.81. The SMILES string of the molecule is CC[C@H](Nc1ncnc(N)c1-c1nc(C)no1)c1nc2cccc(F)c2c(=O)n1-c1ccccc1. The molecule has 0 aliphatic heterocycles. The zero-order valence-corrected chi connectivity index (χ0v) is 18.9. The summed E-state index contributed by atoms with van der Waals surface area (Å²) in [4.78, 5) is 30.9. The van der Waals surface area contributed by atoms with Gasteiger partial charge in [0.05, 0.1) is 17.2 Å². The molecule has 0 saturated carbocycles. The van der Waals surface area contributed by atoms with Crippen molar-refractivity contribution in [2.24, 2.45) is 0 Å². The van der Waals surface area contributed by atoms with Crippen LogP contribution in [0.3, 0.4) is 0 Å². The molecule has 0 saturated heterocycles. The zero-order valence-electron chi connectivity index (χ0n) is 18.9. The molecule has 0 fully saturated rings. The lowest BCUT2D eigenvalue weighted by Crippen LogP contribution is -2.29.